The second-order valence-corrected chi connectivity index (χ2v) is 9.80. The van der Waals surface area contributed by atoms with Gasteiger partial charge in [0.1, 0.15) is 0 Å². The molecule has 0 radical (unpaired) electrons. The smallest absolute Gasteiger partial charge is 0.220 e. The van der Waals surface area contributed by atoms with E-state index < -0.39 is 0 Å². The number of thioether (sulfide) groups is 1. The van der Waals surface area contributed by atoms with E-state index >= 15 is 0 Å². The molecule has 0 heterocycles. The Balaban J connectivity index is 1.79. The van der Waals surface area contributed by atoms with E-state index in [4.69, 9.17) is 0 Å². The number of benzene rings is 1. The van der Waals surface area contributed by atoms with Crippen molar-refractivity contribution in [3.63, 3.8) is 0 Å². The van der Waals surface area contributed by atoms with Crippen LogP contribution in [0.1, 0.15) is 115 Å². The van der Waals surface area contributed by atoms with Crippen LogP contribution in [0.4, 0.5) is 0 Å². The highest BCUT2D eigenvalue weighted by atomic mass is 32.2. The van der Waals surface area contributed by atoms with Gasteiger partial charge in [0.15, 0.2) is 0 Å². The normalized spacial score (nSPS) is 11.0. The third-order valence-corrected chi connectivity index (χ3v) is 6.96. The summed E-state index contributed by atoms with van der Waals surface area (Å²) in [6.45, 7) is 5.18. The average Bonchev–Trinajstić information content (AvgIpc) is 2.75. The number of carbonyl (C=O) groups excluding carboxylic acids is 1. The zero-order chi connectivity index (χ0) is 21.7. The Bertz CT molecular complexity index is 531. The minimum Gasteiger partial charge on any atom is -0.355 e. The molecule has 0 atom stereocenters. The van der Waals surface area contributed by atoms with E-state index in [0.29, 0.717) is 6.42 Å². The first kappa shape index (κ1) is 27.1. The number of hydrogen-bond acceptors (Lipinski definition) is 2. The molecule has 0 aromatic heterocycles. The SMILES string of the molecule is CCCCCCCCCCCCCCCCCC(=O)NCCSc1ccccc1C. The van der Waals surface area contributed by atoms with E-state index in [0.717, 1.165) is 18.7 Å². The molecule has 0 saturated heterocycles. The molecule has 1 aromatic rings. The Hall–Kier alpha value is -0.960. The van der Waals surface area contributed by atoms with E-state index in [1.54, 1.807) is 0 Å². The summed E-state index contributed by atoms with van der Waals surface area (Å²) < 4.78 is 0. The lowest BCUT2D eigenvalue weighted by Gasteiger charge is -2.07. The molecule has 30 heavy (non-hydrogen) atoms. The highest BCUT2D eigenvalue weighted by Crippen LogP contribution is 2.21. The van der Waals surface area contributed by atoms with Crippen molar-refractivity contribution in [2.75, 3.05) is 12.3 Å². The number of nitrogens with one attached hydrogen (secondary N) is 1. The van der Waals surface area contributed by atoms with Gasteiger partial charge in [0, 0.05) is 23.6 Å². The number of aryl methyl sites for hydroxylation is 1. The van der Waals surface area contributed by atoms with Crippen molar-refractivity contribution in [2.45, 2.75) is 121 Å². The Morgan fingerprint density at radius 3 is 1.80 bits per heavy atom. The second-order valence-electron chi connectivity index (χ2n) is 8.66. The summed E-state index contributed by atoms with van der Waals surface area (Å²) in [6.07, 6.45) is 21.1. The summed E-state index contributed by atoms with van der Waals surface area (Å²) in [5, 5.41) is 3.06. The van der Waals surface area contributed by atoms with Gasteiger partial charge in [-0.05, 0) is 25.0 Å². The third-order valence-electron chi connectivity index (χ3n) is 5.78. The standard InChI is InChI=1S/C27H47NOS/c1-3-4-5-6-7-8-9-10-11-12-13-14-15-16-17-22-27(29)28-23-24-30-26-21-19-18-20-25(26)2/h18-21H,3-17,22-24H2,1-2H3,(H,28,29). The summed E-state index contributed by atoms with van der Waals surface area (Å²) in [7, 11) is 0. The maximum Gasteiger partial charge on any atom is 0.220 e. The fraction of sp³-hybridized carbons (Fsp3) is 0.741. The van der Waals surface area contributed by atoms with Crippen molar-refractivity contribution in [3.05, 3.63) is 29.8 Å². The molecule has 0 aliphatic heterocycles. The van der Waals surface area contributed by atoms with Gasteiger partial charge in [-0.15, -0.1) is 11.8 Å². The number of rotatable bonds is 20. The van der Waals surface area contributed by atoms with Gasteiger partial charge in [-0.1, -0.05) is 115 Å². The van der Waals surface area contributed by atoms with Gasteiger partial charge < -0.3 is 5.32 Å². The first-order valence-corrected chi connectivity index (χ1v) is 13.7. The molecule has 2 nitrogen and oxygen atoms in total. The molecule has 0 aliphatic rings. The highest BCUT2D eigenvalue weighted by Gasteiger charge is 2.02. The lowest BCUT2D eigenvalue weighted by Crippen LogP contribution is -2.25. The molecular formula is C27H47NOS. The topological polar surface area (TPSA) is 29.1 Å². The van der Waals surface area contributed by atoms with Crippen molar-refractivity contribution in [1.82, 2.24) is 5.32 Å². The Morgan fingerprint density at radius 1 is 0.767 bits per heavy atom. The average molecular weight is 434 g/mol. The molecule has 1 N–H and O–H groups in total. The summed E-state index contributed by atoms with van der Waals surface area (Å²) in [4.78, 5) is 13.2. The zero-order valence-electron chi connectivity index (χ0n) is 19.9. The third kappa shape index (κ3) is 15.8. The van der Waals surface area contributed by atoms with Crippen LogP contribution in [0, 0.1) is 6.92 Å². The van der Waals surface area contributed by atoms with Gasteiger partial charge in [0.25, 0.3) is 0 Å². The second kappa shape index (κ2) is 20.0. The van der Waals surface area contributed by atoms with Crippen molar-refractivity contribution in [3.8, 4) is 0 Å². The number of hydrogen-bond donors (Lipinski definition) is 1. The fourth-order valence-corrected chi connectivity index (χ4v) is 4.71. The highest BCUT2D eigenvalue weighted by molar-refractivity contribution is 7.99. The van der Waals surface area contributed by atoms with Crippen molar-refractivity contribution >= 4 is 17.7 Å². The monoisotopic (exact) mass is 433 g/mol. The Kier molecular flexibility index (Phi) is 18.0. The predicted molar refractivity (Wildman–Crippen MR) is 134 cm³/mol. The summed E-state index contributed by atoms with van der Waals surface area (Å²) in [5.41, 5.74) is 1.31. The van der Waals surface area contributed by atoms with E-state index in [-0.39, 0.29) is 5.91 Å². The van der Waals surface area contributed by atoms with Gasteiger partial charge in [0.05, 0.1) is 0 Å². The van der Waals surface area contributed by atoms with Gasteiger partial charge >= 0.3 is 0 Å². The van der Waals surface area contributed by atoms with Crippen LogP contribution in [-0.2, 0) is 4.79 Å². The van der Waals surface area contributed by atoms with Gasteiger partial charge in [0.2, 0.25) is 5.91 Å². The first-order valence-electron chi connectivity index (χ1n) is 12.7. The van der Waals surface area contributed by atoms with E-state index in [1.807, 2.05) is 11.8 Å². The molecule has 0 fully saturated rings. The predicted octanol–water partition coefficient (Wildman–Crippen LogP) is 8.46. The maximum absolute atomic E-state index is 11.9. The minimum absolute atomic E-state index is 0.218. The van der Waals surface area contributed by atoms with Crippen LogP contribution in [0.5, 0.6) is 0 Å². The fourth-order valence-electron chi connectivity index (χ4n) is 3.82. The lowest BCUT2D eigenvalue weighted by atomic mass is 10.0. The van der Waals surface area contributed by atoms with Crippen LogP contribution >= 0.6 is 11.8 Å². The van der Waals surface area contributed by atoms with Gasteiger partial charge in [-0.3, -0.25) is 4.79 Å². The minimum atomic E-state index is 0.218. The molecule has 1 rings (SSSR count). The van der Waals surface area contributed by atoms with Crippen LogP contribution in [0.3, 0.4) is 0 Å². The molecule has 0 aliphatic carbocycles. The molecule has 1 aromatic carbocycles. The molecule has 172 valence electrons. The van der Waals surface area contributed by atoms with Gasteiger partial charge in [-0.2, -0.15) is 0 Å². The van der Waals surface area contributed by atoms with Crippen LogP contribution in [0.15, 0.2) is 29.2 Å². The number of carbonyl (C=O) groups is 1. The Labute approximate surface area is 191 Å². The molecule has 0 bridgehead atoms. The van der Waals surface area contributed by atoms with Crippen molar-refractivity contribution in [2.24, 2.45) is 0 Å². The maximum atomic E-state index is 11.9. The molecule has 0 unspecified atom stereocenters. The van der Waals surface area contributed by atoms with E-state index in [1.165, 1.54) is 100 Å². The van der Waals surface area contributed by atoms with Crippen LogP contribution in [-0.4, -0.2) is 18.2 Å². The van der Waals surface area contributed by atoms with E-state index in [2.05, 4.69) is 43.4 Å². The van der Waals surface area contributed by atoms with E-state index in [9.17, 15) is 4.79 Å². The molecule has 0 saturated carbocycles. The quantitative estimate of drug-likeness (QED) is 0.165. The summed E-state index contributed by atoms with van der Waals surface area (Å²) in [6, 6.07) is 8.43. The largest absolute Gasteiger partial charge is 0.355 e. The van der Waals surface area contributed by atoms with Gasteiger partial charge in [-0.25, -0.2) is 0 Å². The van der Waals surface area contributed by atoms with Crippen LogP contribution < -0.4 is 5.32 Å². The lowest BCUT2D eigenvalue weighted by molar-refractivity contribution is -0.121. The number of unbranched alkanes of at least 4 members (excludes halogenated alkanes) is 14. The Morgan fingerprint density at radius 2 is 1.27 bits per heavy atom. The molecule has 0 spiro atoms. The number of amides is 1. The van der Waals surface area contributed by atoms with Crippen LogP contribution in [0.2, 0.25) is 0 Å². The van der Waals surface area contributed by atoms with Crippen molar-refractivity contribution < 1.29 is 4.79 Å². The molecule has 1 amide bonds. The molecular weight excluding hydrogens is 386 g/mol. The van der Waals surface area contributed by atoms with Crippen LogP contribution in [0.25, 0.3) is 0 Å². The summed E-state index contributed by atoms with van der Waals surface area (Å²) >= 11 is 1.82. The first-order chi connectivity index (χ1) is 14.7. The summed E-state index contributed by atoms with van der Waals surface area (Å²) in [5.74, 6) is 1.16. The van der Waals surface area contributed by atoms with Crippen molar-refractivity contribution in [1.29, 1.82) is 0 Å². The zero-order valence-corrected chi connectivity index (χ0v) is 20.7. The molecule has 3 heteroatoms.